The van der Waals surface area contributed by atoms with Crippen LogP contribution in [0.15, 0.2) is 36.4 Å². The van der Waals surface area contributed by atoms with Crippen LogP contribution in [0.4, 0.5) is 0 Å². The molecule has 2 aromatic carbocycles. The highest BCUT2D eigenvalue weighted by Crippen LogP contribution is 2.30. The summed E-state index contributed by atoms with van der Waals surface area (Å²) in [5, 5.41) is 9.81. The Kier molecular flexibility index (Phi) is 7.88. The van der Waals surface area contributed by atoms with E-state index in [1.165, 1.54) is 0 Å². The van der Waals surface area contributed by atoms with Crippen LogP contribution in [0.5, 0.6) is 17.2 Å². The van der Waals surface area contributed by atoms with Crippen LogP contribution < -0.4 is 14.2 Å². The molecule has 0 atom stereocenters. The van der Waals surface area contributed by atoms with Gasteiger partial charge in [-0.15, -0.1) is 0 Å². The predicted molar refractivity (Wildman–Crippen MR) is 101 cm³/mol. The Hall–Kier alpha value is -2.11. The van der Waals surface area contributed by atoms with Gasteiger partial charge in [-0.25, -0.2) is 0 Å². The van der Waals surface area contributed by atoms with E-state index in [2.05, 4.69) is 0 Å². The minimum absolute atomic E-state index is 0.0694. The fourth-order valence-corrected chi connectivity index (χ4v) is 2.57. The number of ether oxygens (including phenoxy) is 3. The topological polar surface area (TPSA) is 65.0 Å². The highest BCUT2D eigenvalue weighted by atomic mass is 35.5. The molecule has 0 saturated heterocycles. The molecule has 140 valence electrons. The van der Waals surface area contributed by atoms with E-state index >= 15 is 0 Å². The zero-order valence-corrected chi connectivity index (χ0v) is 15.8. The van der Waals surface area contributed by atoms with E-state index in [0.717, 1.165) is 5.56 Å². The molecule has 0 fully saturated rings. The zero-order chi connectivity index (χ0) is 18.9. The van der Waals surface area contributed by atoms with Crippen molar-refractivity contribution < 1.29 is 24.1 Å². The molecule has 0 aliphatic rings. The highest BCUT2D eigenvalue weighted by molar-refractivity contribution is 6.34. The smallest absolute Gasteiger partial charge is 0.303 e. The molecule has 0 radical (unpaired) electrons. The second kappa shape index (κ2) is 10.1. The molecule has 0 spiro atoms. The lowest BCUT2D eigenvalue weighted by molar-refractivity contribution is -0.136. The molecule has 0 aliphatic heterocycles. The quantitative estimate of drug-likeness (QED) is 0.578. The fraction of sp³-hybridized carbons (Fsp3) is 0.316. The Morgan fingerprint density at radius 1 is 0.962 bits per heavy atom. The maximum atomic E-state index is 10.7. The van der Waals surface area contributed by atoms with Crippen LogP contribution in [0.1, 0.15) is 18.9 Å². The lowest BCUT2D eigenvalue weighted by atomic mass is 10.1. The Labute approximate surface area is 162 Å². The molecule has 0 aliphatic carbocycles. The number of benzene rings is 2. The van der Waals surface area contributed by atoms with Gasteiger partial charge in [0.15, 0.2) is 11.5 Å². The summed E-state index contributed by atoms with van der Waals surface area (Å²) in [7, 11) is 0. The molecular weight excluding hydrogens is 379 g/mol. The normalized spacial score (nSPS) is 10.4. The van der Waals surface area contributed by atoms with E-state index in [1.54, 1.807) is 30.3 Å². The molecule has 2 aromatic rings. The van der Waals surface area contributed by atoms with Crippen LogP contribution in [0.25, 0.3) is 0 Å². The second-order valence-electron chi connectivity index (χ2n) is 5.38. The molecule has 0 amide bonds. The average Bonchev–Trinajstić information content (AvgIpc) is 2.61. The van der Waals surface area contributed by atoms with E-state index in [4.69, 9.17) is 42.5 Å². The van der Waals surface area contributed by atoms with Gasteiger partial charge in [-0.05, 0) is 43.2 Å². The van der Waals surface area contributed by atoms with Gasteiger partial charge in [-0.2, -0.15) is 0 Å². The van der Waals surface area contributed by atoms with E-state index < -0.39 is 5.97 Å². The van der Waals surface area contributed by atoms with E-state index in [0.29, 0.717) is 40.3 Å². The first-order valence-corrected chi connectivity index (χ1v) is 8.93. The van der Waals surface area contributed by atoms with Crippen molar-refractivity contribution in [2.24, 2.45) is 0 Å². The zero-order valence-electron chi connectivity index (χ0n) is 14.3. The summed E-state index contributed by atoms with van der Waals surface area (Å²) < 4.78 is 16.9. The Morgan fingerprint density at radius 3 is 2.38 bits per heavy atom. The molecular formula is C19H20Cl2O5. The van der Waals surface area contributed by atoms with Gasteiger partial charge < -0.3 is 19.3 Å². The number of carbonyl (C=O) groups is 1. The van der Waals surface area contributed by atoms with Crippen molar-refractivity contribution in [1.29, 1.82) is 0 Å². The molecule has 0 aromatic heterocycles. The summed E-state index contributed by atoms with van der Waals surface area (Å²) >= 11 is 12.0. The second-order valence-corrected chi connectivity index (χ2v) is 6.22. The van der Waals surface area contributed by atoms with Gasteiger partial charge in [-0.3, -0.25) is 4.79 Å². The number of rotatable bonds is 10. The van der Waals surface area contributed by atoms with Crippen LogP contribution in [-0.4, -0.2) is 30.9 Å². The van der Waals surface area contributed by atoms with Gasteiger partial charge in [0, 0.05) is 17.5 Å². The summed E-state index contributed by atoms with van der Waals surface area (Å²) in [6.07, 6.45) is 0.506. The van der Waals surface area contributed by atoms with Crippen LogP contribution in [-0.2, 0) is 11.2 Å². The Morgan fingerprint density at radius 2 is 1.69 bits per heavy atom. The number of carboxylic acids is 1. The SMILES string of the molecule is CCOc1cc(CCC(=O)O)ccc1OCCOc1cc(Cl)ccc1Cl. The first-order valence-electron chi connectivity index (χ1n) is 8.17. The number of hydrogen-bond donors (Lipinski definition) is 1. The Bertz CT molecular complexity index is 749. The van der Waals surface area contributed by atoms with Crippen molar-refractivity contribution >= 4 is 29.2 Å². The lowest BCUT2D eigenvalue weighted by Gasteiger charge is -2.14. The van der Waals surface area contributed by atoms with Crippen LogP contribution in [0.2, 0.25) is 10.0 Å². The number of aliphatic carboxylic acids is 1. The first kappa shape index (κ1) is 20.2. The minimum atomic E-state index is -0.833. The van der Waals surface area contributed by atoms with Crippen molar-refractivity contribution in [2.45, 2.75) is 19.8 Å². The molecule has 0 saturated carbocycles. The fourth-order valence-electron chi connectivity index (χ4n) is 2.24. The Balaban J connectivity index is 1.93. The number of carboxylic acid groups (broad SMARTS) is 1. The molecule has 26 heavy (non-hydrogen) atoms. The maximum absolute atomic E-state index is 10.7. The predicted octanol–water partition coefficient (Wildman–Crippen LogP) is 4.87. The molecule has 1 N–H and O–H groups in total. The maximum Gasteiger partial charge on any atom is 0.303 e. The third kappa shape index (κ3) is 6.32. The van der Waals surface area contributed by atoms with Crippen LogP contribution in [0.3, 0.4) is 0 Å². The third-order valence-corrected chi connectivity index (χ3v) is 3.97. The molecule has 0 unspecified atom stereocenters. The van der Waals surface area contributed by atoms with E-state index in [1.807, 2.05) is 13.0 Å². The summed E-state index contributed by atoms with van der Waals surface area (Å²) in [4.78, 5) is 10.7. The summed E-state index contributed by atoms with van der Waals surface area (Å²) in [6.45, 7) is 2.93. The summed E-state index contributed by atoms with van der Waals surface area (Å²) in [6, 6.07) is 10.4. The average molecular weight is 399 g/mol. The van der Waals surface area contributed by atoms with E-state index in [-0.39, 0.29) is 19.6 Å². The monoisotopic (exact) mass is 398 g/mol. The lowest BCUT2D eigenvalue weighted by Crippen LogP contribution is -2.10. The standard InChI is InChI=1S/C19H20Cl2O5/c1-2-24-18-11-13(4-8-19(22)23)3-7-16(18)25-9-10-26-17-12-14(20)5-6-15(17)21/h3,5-7,11-12H,2,4,8-10H2,1H3,(H,22,23). The molecule has 0 bridgehead atoms. The van der Waals surface area contributed by atoms with Crippen molar-refractivity contribution in [1.82, 2.24) is 0 Å². The van der Waals surface area contributed by atoms with Gasteiger partial charge in [0.2, 0.25) is 0 Å². The molecule has 2 rings (SSSR count). The molecule has 7 heteroatoms. The van der Waals surface area contributed by atoms with Gasteiger partial charge in [0.05, 0.1) is 11.6 Å². The third-order valence-electron chi connectivity index (χ3n) is 3.43. The van der Waals surface area contributed by atoms with Crippen molar-refractivity contribution in [3.63, 3.8) is 0 Å². The molecule has 0 heterocycles. The van der Waals surface area contributed by atoms with Crippen LogP contribution >= 0.6 is 23.2 Å². The van der Waals surface area contributed by atoms with Gasteiger partial charge in [0.1, 0.15) is 19.0 Å². The minimum Gasteiger partial charge on any atom is -0.490 e. The van der Waals surface area contributed by atoms with Crippen molar-refractivity contribution in [2.75, 3.05) is 19.8 Å². The number of aryl methyl sites for hydroxylation is 1. The summed E-state index contributed by atoms with van der Waals surface area (Å²) in [5.74, 6) is 0.819. The molecule has 5 nitrogen and oxygen atoms in total. The largest absolute Gasteiger partial charge is 0.490 e. The number of halogens is 2. The number of hydrogen-bond acceptors (Lipinski definition) is 4. The summed E-state index contributed by atoms with van der Waals surface area (Å²) in [5.41, 5.74) is 0.880. The van der Waals surface area contributed by atoms with E-state index in [9.17, 15) is 4.79 Å². The van der Waals surface area contributed by atoms with Crippen molar-refractivity contribution in [3.05, 3.63) is 52.0 Å². The first-order chi connectivity index (χ1) is 12.5. The highest BCUT2D eigenvalue weighted by Gasteiger charge is 2.09. The van der Waals surface area contributed by atoms with Gasteiger partial charge in [0.25, 0.3) is 0 Å². The van der Waals surface area contributed by atoms with Crippen molar-refractivity contribution in [3.8, 4) is 17.2 Å². The van der Waals surface area contributed by atoms with Gasteiger partial charge in [-0.1, -0.05) is 29.3 Å². The van der Waals surface area contributed by atoms with Crippen LogP contribution in [0, 0.1) is 0 Å². The van der Waals surface area contributed by atoms with Gasteiger partial charge >= 0.3 is 5.97 Å².